The molecule has 1 saturated carbocycles. The Labute approximate surface area is 92.7 Å². The van der Waals surface area contributed by atoms with Gasteiger partial charge in [-0.2, -0.15) is 11.8 Å². The van der Waals surface area contributed by atoms with Gasteiger partial charge in [0, 0.05) is 11.9 Å². The molecule has 0 radical (unpaired) electrons. The zero-order valence-corrected chi connectivity index (χ0v) is 10.5. The van der Waals surface area contributed by atoms with Gasteiger partial charge in [-0.15, -0.1) is 0 Å². The highest BCUT2D eigenvalue weighted by Gasteiger charge is 2.24. The molecule has 0 spiro atoms. The summed E-state index contributed by atoms with van der Waals surface area (Å²) in [5, 5.41) is 9.80. The number of rotatable bonds is 4. The molecule has 0 heterocycles. The van der Waals surface area contributed by atoms with Crippen LogP contribution in [-0.4, -0.2) is 22.7 Å². The predicted octanol–water partition coefficient (Wildman–Crippen LogP) is 3.17. The molecule has 0 saturated heterocycles. The van der Waals surface area contributed by atoms with E-state index in [-0.39, 0.29) is 0 Å². The molecule has 0 amide bonds. The van der Waals surface area contributed by atoms with E-state index in [0.29, 0.717) is 12.5 Å². The minimum Gasteiger partial charge on any atom is -0.396 e. The van der Waals surface area contributed by atoms with Crippen molar-refractivity contribution >= 4 is 11.8 Å². The van der Waals surface area contributed by atoms with Crippen molar-refractivity contribution in [2.75, 3.05) is 12.4 Å². The lowest BCUT2D eigenvalue weighted by Crippen LogP contribution is -2.22. The first-order valence-electron chi connectivity index (χ1n) is 5.84. The smallest absolute Gasteiger partial charge is 0.0464 e. The van der Waals surface area contributed by atoms with Crippen LogP contribution in [0.15, 0.2) is 0 Å². The van der Waals surface area contributed by atoms with E-state index < -0.39 is 0 Å². The summed E-state index contributed by atoms with van der Waals surface area (Å²) >= 11 is 2.08. The summed E-state index contributed by atoms with van der Waals surface area (Å²) < 4.78 is 0. The van der Waals surface area contributed by atoms with Crippen molar-refractivity contribution in [2.45, 2.75) is 45.3 Å². The fourth-order valence-corrected chi connectivity index (χ4v) is 4.00. The van der Waals surface area contributed by atoms with Crippen molar-refractivity contribution in [3.63, 3.8) is 0 Å². The molecule has 2 heteroatoms. The molecule has 3 unspecified atom stereocenters. The van der Waals surface area contributed by atoms with Crippen LogP contribution in [0.4, 0.5) is 0 Å². The van der Waals surface area contributed by atoms with E-state index in [9.17, 15) is 0 Å². The first-order valence-corrected chi connectivity index (χ1v) is 6.89. The van der Waals surface area contributed by atoms with E-state index in [1.807, 2.05) is 0 Å². The first kappa shape index (κ1) is 12.4. The Kier molecular flexibility index (Phi) is 5.32. The molecule has 1 aliphatic rings. The maximum Gasteiger partial charge on any atom is 0.0464 e. The van der Waals surface area contributed by atoms with Gasteiger partial charge in [0.25, 0.3) is 0 Å². The zero-order chi connectivity index (χ0) is 10.6. The van der Waals surface area contributed by atoms with Crippen LogP contribution in [0.3, 0.4) is 0 Å². The number of thioether (sulfide) groups is 1. The number of aliphatic hydroxyl groups excluding tert-OH is 1. The predicted molar refractivity (Wildman–Crippen MR) is 64.7 cm³/mol. The van der Waals surface area contributed by atoms with E-state index >= 15 is 0 Å². The minimum absolute atomic E-state index is 0.338. The standard InChI is InChI=1S/C12H24OS/c1-9-4-10(2)6-12(5-9)14-8-11(3)7-13/h9-13H,4-8H2,1-3H3. The number of aliphatic hydroxyl groups is 1. The molecule has 1 nitrogen and oxygen atoms in total. The van der Waals surface area contributed by atoms with Gasteiger partial charge < -0.3 is 5.11 Å². The molecule has 1 fully saturated rings. The van der Waals surface area contributed by atoms with E-state index in [4.69, 9.17) is 5.11 Å². The molecule has 14 heavy (non-hydrogen) atoms. The Balaban J connectivity index is 2.23. The summed E-state index contributed by atoms with van der Waals surface area (Å²) in [6.07, 6.45) is 4.17. The molecule has 3 atom stereocenters. The van der Waals surface area contributed by atoms with Crippen LogP contribution in [0.25, 0.3) is 0 Å². The van der Waals surface area contributed by atoms with Crippen LogP contribution in [0.1, 0.15) is 40.0 Å². The van der Waals surface area contributed by atoms with Crippen molar-refractivity contribution in [3.05, 3.63) is 0 Å². The van der Waals surface area contributed by atoms with E-state index in [1.54, 1.807) is 0 Å². The average Bonchev–Trinajstić information content (AvgIpc) is 2.12. The normalized spacial score (nSPS) is 35.6. The van der Waals surface area contributed by atoms with Crippen LogP contribution in [-0.2, 0) is 0 Å². The van der Waals surface area contributed by atoms with Gasteiger partial charge in [0.15, 0.2) is 0 Å². The Morgan fingerprint density at radius 1 is 1.21 bits per heavy atom. The van der Waals surface area contributed by atoms with E-state index in [1.165, 1.54) is 19.3 Å². The van der Waals surface area contributed by atoms with Gasteiger partial charge in [-0.25, -0.2) is 0 Å². The summed E-state index contributed by atoms with van der Waals surface area (Å²) in [6.45, 7) is 7.21. The van der Waals surface area contributed by atoms with Crippen LogP contribution in [0, 0.1) is 17.8 Å². The van der Waals surface area contributed by atoms with E-state index in [2.05, 4.69) is 32.5 Å². The number of hydrogen-bond donors (Lipinski definition) is 1. The molecule has 1 aliphatic carbocycles. The summed E-state index contributed by atoms with van der Waals surface area (Å²) in [5.74, 6) is 3.40. The fraction of sp³-hybridized carbons (Fsp3) is 1.00. The van der Waals surface area contributed by atoms with Gasteiger partial charge in [-0.05, 0) is 42.8 Å². The minimum atomic E-state index is 0.338. The third-order valence-electron chi connectivity index (χ3n) is 3.06. The maximum absolute atomic E-state index is 8.95. The Morgan fingerprint density at radius 3 is 2.29 bits per heavy atom. The van der Waals surface area contributed by atoms with Crippen LogP contribution >= 0.6 is 11.8 Å². The largest absolute Gasteiger partial charge is 0.396 e. The van der Waals surface area contributed by atoms with Gasteiger partial charge in [0.05, 0.1) is 0 Å². The van der Waals surface area contributed by atoms with Crippen molar-refractivity contribution in [3.8, 4) is 0 Å². The summed E-state index contributed by atoms with van der Waals surface area (Å²) in [6, 6.07) is 0. The lowest BCUT2D eigenvalue weighted by molar-refractivity contribution is 0.250. The molecular weight excluding hydrogens is 192 g/mol. The second-order valence-electron chi connectivity index (χ2n) is 5.16. The molecule has 0 aromatic rings. The van der Waals surface area contributed by atoms with Gasteiger partial charge >= 0.3 is 0 Å². The fourth-order valence-electron chi connectivity index (χ4n) is 2.36. The molecule has 1 N–H and O–H groups in total. The third kappa shape index (κ3) is 4.22. The van der Waals surface area contributed by atoms with Gasteiger partial charge in [-0.3, -0.25) is 0 Å². The van der Waals surface area contributed by atoms with Gasteiger partial charge in [-0.1, -0.05) is 20.8 Å². The van der Waals surface area contributed by atoms with Crippen molar-refractivity contribution in [1.29, 1.82) is 0 Å². The summed E-state index contributed by atoms with van der Waals surface area (Å²) in [5.41, 5.74) is 0. The van der Waals surface area contributed by atoms with Crippen LogP contribution in [0.2, 0.25) is 0 Å². The maximum atomic E-state index is 8.95. The molecule has 0 bridgehead atoms. The van der Waals surface area contributed by atoms with Crippen LogP contribution < -0.4 is 0 Å². The van der Waals surface area contributed by atoms with Gasteiger partial charge in [0.1, 0.15) is 0 Å². The van der Waals surface area contributed by atoms with Crippen LogP contribution in [0.5, 0.6) is 0 Å². The second-order valence-corrected chi connectivity index (χ2v) is 6.49. The molecule has 0 aliphatic heterocycles. The van der Waals surface area contributed by atoms with Crippen molar-refractivity contribution in [1.82, 2.24) is 0 Å². The topological polar surface area (TPSA) is 20.2 Å². The van der Waals surface area contributed by atoms with E-state index in [0.717, 1.165) is 22.8 Å². The molecule has 0 aromatic carbocycles. The SMILES string of the molecule is CC(CO)CSC1CC(C)CC(C)C1. The Hall–Kier alpha value is 0.310. The zero-order valence-electron chi connectivity index (χ0n) is 9.70. The van der Waals surface area contributed by atoms with Gasteiger partial charge in [0.2, 0.25) is 0 Å². The third-order valence-corrected chi connectivity index (χ3v) is 4.68. The lowest BCUT2D eigenvalue weighted by atomic mass is 9.83. The quantitative estimate of drug-likeness (QED) is 0.779. The monoisotopic (exact) mass is 216 g/mol. The molecule has 1 rings (SSSR count). The highest BCUT2D eigenvalue weighted by Crippen LogP contribution is 2.35. The first-order chi connectivity index (χ1) is 6.61. The highest BCUT2D eigenvalue weighted by molar-refractivity contribution is 7.99. The second kappa shape index (κ2) is 6.02. The van der Waals surface area contributed by atoms with Crippen molar-refractivity contribution < 1.29 is 5.11 Å². The Morgan fingerprint density at radius 2 is 1.79 bits per heavy atom. The highest BCUT2D eigenvalue weighted by atomic mass is 32.2. The average molecular weight is 216 g/mol. The molecule has 84 valence electrons. The Bertz CT molecular complexity index is 150. The summed E-state index contributed by atoms with van der Waals surface area (Å²) in [7, 11) is 0. The number of hydrogen-bond acceptors (Lipinski definition) is 2. The summed E-state index contributed by atoms with van der Waals surface area (Å²) in [4.78, 5) is 0. The lowest BCUT2D eigenvalue weighted by Gasteiger charge is -2.31. The molecular formula is C12H24OS. The molecule has 0 aromatic heterocycles. The van der Waals surface area contributed by atoms with Crippen molar-refractivity contribution in [2.24, 2.45) is 17.8 Å².